The number of carbonyl (C=O) groups excluding carboxylic acids is 1. The van der Waals surface area contributed by atoms with E-state index < -0.39 is 10.9 Å². The molecule has 0 bridgehead atoms. The minimum atomic E-state index is -0.607. The van der Waals surface area contributed by atoms with Crippen LogP contribution in [-0.2, 0) is 16.1 Å². The van der Waals surface area contributed by atoms with Crippen LogP contribution < -0.4 is 9.47 Å². The summed E-state index contributed by atoms with van der Waals surface area (Å²) >= 11 is 2.16. The van der Waals surface area contributed by atoms with E-state index in [4.69, 9.17) is 14.2 Å². The Bertz CT molecular complexity index is 1400. The number of nitro benzene ring substituents is 1. The van der Waals surface area contributed by atoms with Crippen LogP contribution in [0.2, 0.25) is 0 Å². The second-order valence-electron chi connectivity index (χ2n) is 7.84. The summed E-state index contributed by atoms with van der Waals surface area (Å²) in [6.45, 7) is 4.05. The third kappa shape index (κ3) is 5.35. The Labute approximate surface area is 215 Å². The molecule has 0 unspecified atom stereocenters. The van der Waals surface area contributed by atoms with Crippen LogP contribution in [0, 0.1) is 27.5 Å². The van der Waals surface area contributed by atoms with Gasteiger partial charge in [0, 0.05) is 17.2 Å². The van der Waals surface area contributed by atoms with E-state index in [1.54, 1.807) is 32.2 Å². The van der Waals surface area contributed by atoms with Gasteiger partial charge in [0.1, 0.15) is 6.61 Å². The topological polar surface area (TPSA) is 100 Å². The number of halogens is 1. The van der Waals surface area contributed by atoms with Gasteiger partial charge in [-0.2, -0.15) is 0 Å². The molecule has 4 rings (SSSR count). The first-order valence-corrected chi connectivity index (χ1v) is 11.7. The second kappa shape index (κ2) is 10.3. The van der Waals surface area contributed by atoms with Crippen LogP contribution in [0.15, 0.2) is 65.3 Å². The van der Waals surface area contributed by atoms with Crippen LogP contribution in [0.5, 0.6) is 11.5 Å². The van der Waals surface area contributed by atoms with Gasteiger partial charge in [-0.15, -0.1) is 0 Å². The molecular formula is C26H21IN2O6. The number of nitro groups is 1. The zero-order chi connectivity index (χ0) is 25.1. The lowest BCUT2D eigenvalue weighted by molar-refractivity contribution is -0.385. The molecule has 0 saturated carbocycles. The predicted molar refractivity (Wildman–Crippen MR) is 140 cm³/mol. The Balaban J connectivity index is 1.60. The average molecular weight is 584 g/mol. The Morgan fingerprint density at radius 3 is 2.57 bits per heavy atom. The molecule has 0 saturated heterocycles. The molecule has 8 nitrogen and oxygen atoms in total. The quantitative estimate of drug-likeness (QED) is 0.115. The first kappa shape index (κ1) is 24.4. The van der Waals surface area contributed by atoms with Gasteiger partial charge in [-0.05, 0) is 83.5 Å². The summed E-state index contributed by atoms with van der Waals surface area (Å²) in [5, 5.41) is 11.1. The van der Waals surface area contributed by atoms with Gasteiger partial charge in [0.15, 0.2) is 17.2 Å². The maximum absolute atomic E-state index is 12.4. The zero-order valence-electron chi connectivity index (χ0n) is 19.2. The van der Waals surface area contributed by atoms with Crippen molar-refractivity contribution in [2.24, 2.45) is 4.99 Å². The standard InChI is InChI=1S/C26H21IN2O6/c1-15-6-4-5-7-19(15)14-34-24-20(27)11-17(13-23(24)33-3)12-21-26(30)35-25(28-21)18-8-9-22(29(31)32)16(2)10-18/h4-13H,14H2,1-3H3/b21-12-. The minimum absolute atomic E-state index is 0.0131. The molecule has 35 heavy (non-hydrogen) atoms. The lowest BCUT2D eigenvalue weighted by Gasteiger charge is -2.14. The minimum Gasteiger partial charge on any atom is -0.493 e. The van der Waals surface area contributed by atoms with Gasteiger partial charge in [-0.3, -0.25) is 10.1 Å². The number of cyclic esters (lactones) is 1. The number of benzene rings is 3. The monoisotopic (exact) mass is 584 g/mol. The molecule has 0 fully saturated rings. The number of hydrogen-bond acceptors (Lipinski definition) is 7. The first-order valence-electron chi connectivity index (χ1n) is 10.6. The van der Waals surface area contributed by atoms with Crippen molar-refractivity contribution in [1.29, 1.82) is 0 Å². The lowest BCUT2D eigenvalue weighted by atomic mass is 10.1. The average Bonchev–Trinajstić information content (AvgIpc) is 3.18. The third-order valence-corrected chi connectivity index (χ3v) is 6.25. The highest BCUT2D eigenvalue weighted by molar-refractivity contribution is 14.1. The fraction of sp³-hybridized carbons (Fsp3) is 0.154. The van der Waals surface area contributed by atoms with E-state index >= 15 is 0 Å². The van der Waals surface area contributed by atoms with Crippen molar-refractivity contribution in [3.05, 3.63) is 102 Å². The maximum Gasteiger partial charge on any atom is 0.363 e. The van der Waals surface area contributed by atoms with Crippen LogP contribution in [0.1, 0.15) is 27.8 Å². The Kier molecular flexibility index (Phi) is 7.15. The van der Waals surface area contributed by atoms with Gasteiger partial charge in [0.2, 0.25) is 5.90 Å². The largest absolute Gasteiger partial charge is 0.493 e. The molecule has 1 heterocycles. The number of rotatable bonds is 7. The molecular weight excluding hydrogens is 563 g/mol. The van der Waals surface area contributed by atoms with E-state index in [1.807, 2.05) is 37.3 Å². The summed E-state index contributed by atoms with van der Waals surface area (Å²) in [4.78, 5) is 27.3. The SMILES string of the molecule is COc1cc(/C=C2\N=C(c3ccc([N+](=O)[O-])c(C)c3)OC2=O)cc(I)c1OCc1ccccc1C. The predicted octanol–water partition coefficient (Wildman–Crippen LogP) is 5.75. The molecule has 178 valence electrons. The zero-order valence-corrected chi connectivity index (χ0v) is 21.4. The van der Waals surface area contributed by atoms with Gasteiger partial charge in [-0.1, -0.05) is 24.3 Å². The van der Waals surface area contributed by atoms with Crippen molar-refractivity contribution in [2.75, 3.05) is 7.11 Å². The second-order valence-corrected chi connectivity index (χ2v) is 9.01. The highest BCUT2D eigenvalue weighted by Gasteiger charge is 2.25. The number of methoxy groups -OCH3 is 1. The Morgan fingerprint density at radius 2 is 1.89 bits per heavy atom. The fourth-order valence-electron chi connectivity index (χ4n) is 3.57. The molecule has 0 N–H and O–H groups in total. The summed E-state index contributed by atoms with van der Waals surface area (Å²) in [5.41, 5.74) is 3.93. The van der Waals surface area contributed by atoms with Gasteiger partial charge >= 0.3 is 5.97 Å². The summed E-state index contributed by atoms with van der Waals surface area (Å²) in [5.74, 6) is 0.626. The lowest BCUT2D eigenvalue weighted by Crippen LogP contribution is -2.06. The first-order chi connectivity index (χ1) is 16.8. The van der Waals surface area contributed by atoms with E-state index in [2.05, 4.69) is 27.6 Å². The molecule has 1 aliphatic heterocycles. The number of aliphatic imine (C=N–C) groups is 1. The van der Waals surface area contributed by atoms with Crippen molar-refractivity contribution < 1.29 is 23.9 Å². The van der Waals surface area contributed by atoms with E-state index in [-0.39, 0.29) is 17.3 Å². The van der Waals surface area contributed by atoms with Crippen molar-refractivity contribution >= 4 is 46.2 Å². The summed E-state index contributed by atoms with van der Waals surface area (Å²) in [7, 11) is 1.56. The van der Waals surface area contributed by atoms with Gasteiger partial charge in [-0.25, -0.2) is 9.79 Å². The number of esters is 1. The van der Waals surface area contributed by atoms with Crippen LogP contribution in [-0.4, -0.2) is 23.9 Å². The number of ether oxygens (including phenoxy) is 3. The Morgan fingerprint density at radius 1 is 1.11 bits per heavy atom. The molecule has 0 spiro atoms. The van der Waals surface area contributed by atoms with Crippen molar-refractivity contribution in [2.45, 2.75) is 20.5 Å². The molecule has 0 amide bonds. The van der Waals surface area contributed by atoms with Gasteiger partial charge in [0.05, 0.1) is 15.6 Å². The molecule has 0 atom stereocenters. The van der Waals surface area contributed by atoms with Crippen LogP contribution in [0.3, 0.4) is 0 Å². The number of aryl methyl sites for hydroxylation is 2. The van der Waals surface area contributed by atoms with Crippen molar-refractivity contribution in [3.63, 3.8) is 0 Å². The molecule has 1 aliphatic rings. The molecule has 0 aromatic heterocycles. The van der Waals surface area contributed by atoms with Gasteiger partial charge < -0.3 is 14.2 Å². The number of hydrogen-bond donors (Lipinski definition) is 0. The number of carbonyl (C=O) groups is 1. The fourth-order valence-corrected chi connectivity index (χ4v) is 4.35. The van der Waals surface area contributed by atoms with Crippen molar-refractivity contribution in [3.8, 4) is 11.5 Å². The van der Waals surface area contributed by atoms with Crippen LogP contribution in [0.25, 0.3) is 6.08 Å². The normalized spacial score (nSPS) is 14.0. The van der Waals surface area contributed by atoms with Crippen LogP contribution in [0.4, 0.5) is 5.69 Å². The molecule has 9 heteroatoms. The summed E-state index contributed by atoms with van der Waals surface area (Å²) in [6.07, 6.45) is 1.60. The molecule has 3 aromatic rings. The summed E-state index contributed by atoms with van der Waals surface area (Å²) in [6, 6.07) is 16.1. The molecule has 0 aliphatic carbocycles. The highest BCUT2D eigenvalue weighted by atomic mass is 127. The van der Waals surface area contributed by atoms with E-state index in [0.29, 0.717) is 34.8 Å². The maximum atomic E-state index is 12.4. The van der Waals surface area contributed by atoms with Gasteiger partial charge in [0.25, 0.3) is 5.69 Å². The highest BCUT2D eigenvalue weighted by Crippen LogP contribution is 2.36. The van der Waals surface area contributed by atoms with E-state index in [0.717, 1.165) is 14.7 Å². The van der Waals surface area contributed by atoms with E-state index in [1.165, 1.54) is 12.1 Å². The van der Waals surface area contributed by atoms with Crippen molar-refractivity contribution in [1.82, 2.24) is 0 Å². The smallest absolute Gasteiger partial charge is 0.363 e. The molecule has 0 radical (unpaired) electrons. The van der Waals surface area contributed by atoms with Crippen LogP contribution >= 0.6 is 22.6 Å². The summed E-state index contributed by atoms with van der Waals surface area (Å²) < 4.78 is 17.7. The molecule has 3 aromatic carbocycles. The third-order valence-electron chi connectivity index (χ3n) is 5.45. The van der Waals surface area contributed by atoms with E-state index in [9.17, 15) is 14.9 Å². The Hall–Kier alpha value is -3.73. The number of nitrogens with zero attached hydrogens (tertiary/aromatic N) is 2.